The Morgan fingerprint density at radius 3 is 2.62 bits per heavy atom. The van der Waals surface area contributed by atoms with Gasteiger partial charge in [-0.05, 0) is 37.5 Å². The fourth-order valence-electron chi connectivity index (χ4n) is 2.02. The summed E-state index contributed by atoms with van der Waals surface area (Å²) in [6.45, 7) is 3.62. The summed E-state index contributed by atoms with van der Waals surface area (Å²) in [4.78, 5) is 14.1. The molecule has 0 aromatic heterocycles. The summed E-state index contributed by atoms with van der Waals surface area (Å²) in [5.74, 6) is 0.0550. The molecule has 0 unspecified atom stereocenters. The van der Waals surface area contributed by atoms with Crippen molar-refractivity contribution in [2.45, 2.75) is 19.8 Å². The van der Waals surface area contributed by atoms with E-state index in [0.29, 0.717) is 11.3 Å². The Balaban J connectivity index is 2.35. The van der Waals surface area contributed by atoms with Crippen LogP contribution in [0.25, 0.3) is 0 Å². The second-order valence-electron chi connectivity index (χ2n) is 4.18. The van der Waals surface area contributed by atoms with Crippen LogP contribution in [-0.4, -0.2) is 23.9 Å². The van der Waals surface area contributed by atoms with Gasteiger partial charge in [0, 0.05) is 23.2 Å². The van der Waals surface area contributed by atoms with E-state index in [-0.39, 0.29) is 5.91 Å². The Morgan fingerprint density at radius 1 is 1.38 bits per heavy atom. The fraction of sp³-hybridized carbons (Fsp3) is 0.417. The molecule has 1 heterocycles. The van der Waals surface area contributed by atoms with E-state index in [0.717, 1.165) is 36.0 Å². The van der Waals surface area contributed by atoms with Crippen LogP contribution in [0.15, 0.2) is 16.6 Å². The van der Waals surface area contributed by atoms with Gasteiger partial charge in [0.05, 0.1) is 5.56 Å². The minimum atomic E-state index is 0.0550. The topological polar surface area (TPSA) is 46.3 Å². The van der Waals surface area contributed by atoms with Crippen molar-refractivity contribution in [1.82, 2.24) is 4.90 Å². The number of carbonyl (C=O) groups excluding carboxylic acids is 1. The predicted octanol–water partition coefficient (Wildman–Crippen LogP) is 2.58. The Bertz CT molecular complexity index is 425. The maximum Gasteiger partial charge on any atom is 0.255 e. The lowest BCUT2D eigenvalue weighted by atomic mass is 10.1. The number of anilines is 1. The van der Waals surface area contributed by atoms with E-state index in [1.54, 1.807) is 0 Å². The van der Waals surface area contributed by atoms with Gasteiger partial charge in [0.2, 0.25) is 0 Å². The lowest BCUT2D eigenvalue weighted by molar-refractivity contribution is 0.0793. The van der Waals surface area contributed by atoms with Gasteiger partial charge in [-0.15, -0.1) is 0 Å². The van der Waals surface area contributed by atoms with Crippen molar-refractivity contribution < 1.29 is 4.79 Å². The first-order valence-electron chi connectivity index (χ1n) is 5.44. The summed E-state index contributed by atoms with van der Waals surface area (Å²) < 4.78 is 0.904. The number of benzene rings is 1. The van der Waals surface area contributed by atoms with Crippen molar-refractivity contribution >= 4 is 27.5 Å². The van der Waals surface area contributed by atoms with Crippen LogP contribution < -0.4 is 5.73 Å². The van der Waals surface area contributed by atoms with Crippen LogP contribution in [0, 0.1) is 6.92 Å². The van der Waals surface area contributed by atoms with Gasteiger partial charge >= 0.3 is 0 Å². The second kappa shape index (κ2) is 4.45. The molecule has 0 saturated carbocycles. The van der Waals surface area contributed by atoms with Crippen LogP contribution in [0.5, 0.6) is 0 Å². The molecular weight excluding hydrogens is 268 g/mol. The number of hydrogen-bond acceptors (Lipinski definition) is 2. The molecule has 1 amide bonds. The van der Waals surface area contributed by atoms with Gasteiger partial charge in [0.15, 0.2) is 0 Å². The zero-order chi connectivity index (χ0) is 11.7. The van der Waals surface area contributed by atoms with Crippen LogP contribution in [0.4, 0.5) is 5.69 Å². The molecule has 1 fully saturated rings. The zero-order valence-corrected chi connectivity index (χ0v) is 10.9. The van der Waals surface area contributed by atoms with E-state index in [9.17, 15) is 4.79 Å². The van der Waals surface area contributed by atoms with Gasteiger partial charge in [0.25, 0.3) is 5.91 Å². The van der Waals surface area contributed by atoms with Crippen LogP contribution >= 0.6 is 15.9 Å². The molecule has 4 heteroatoms. The van der Waals surface area contributed by atoms with E-state index in [4.69, 9.17) is 5.73 Å². The molecule has 0 bridgehead atoms. The molecule has 1 aromatic carbocycles. The quantitative estimate of drug-likeness (QED) is 0.805. The molecule has 1 aliphatic rings. The monoisotopic (exact) mass is 282 g/mol. The Hall–Kier alpha value is -1.03. The molecule has 86 valence electrons. The first-order valence-corrected chi connectivity index (χ1v) is 6.24. The highest BCUT2D eigenvalue weighted by Crippen LogP contribution is 2.25. The van der Waals surface area contributed by atoms with E-state index >= 15 is 0 Å². The zero-order valence-electron chi connectivity index (χ0n) is 9.29. The minimum Gasteiger partial charge on any atom is -0.398 e. The third-order valence-electron chi connectivity index (χ3n) is 2.98. The molecular formula is C12H15BrN2O. The largest absolute Gasteiger partial charge is 0.398 e. The number of rotatable bonds is 1. The molecule has 1 aromatic rings. The van der Waals surface area contributed by atoms with Gasteiger partial charge < -0.3 is 10.6 Å². The third kappa shape index (κ3) is 2.07. The fourth-order valence-corrected chi connectivity index (χ4v) is 2.59. The number of carbonyl (C=O) groups is 1. The smallest absolute Gasteiger partial charge is 0.255 e. The van der Waals surface area contributed by atoms with Crippen molar-refractivity contribution in [3.8, 4) is 0 Å². The molecule has 1 saturated heterocycles. The van der Waals surface area contributed by atoms with E-state index < -0.39 is 0 Å². The van der Waals surface area contributed by atoms with E-state index in [2.05, 4.69) is 15.9 Å². The third-order valence-corrected chi connectivity index (χ3v) is 3.43. The number of nitrogens with zero attached hydrogens (tertiary/aromatic N) is 1. The normalized spacial score (nSPS) is 15.5. The predicted molar refractivity (Wildman–Crippen MR) is 68.4 cm³/mol. The highest BCUT2D eigenvalue weighted by molar-refractivity contribution is 9.10. The van der Waals surface area contributed by atoms with Crippen molar-refractivity contribution in [1.29, 1.82) is 0 Å². The standard InChI is InChI=1S/C12H15BrN2O/c1-8-6-9(13)7-10(11(8)14)12(16)15-4-2-3-5-15/h6-7H,2-5,14H2,1H3. The summed E-state index contributed by atoms with van der Waals surface area (Å²) in [7, 11) is 0. The number of nitrogens with two attached hydrogens (primary N) is 1. The van der Waals surface area contributed by atoms with Crippen molar-refractivity contribution in [2.75, 3.05) is 18.8 Å². The van der Waals surface area contributed by atoms with Gasteiger partial charge in [-0.25, -0.2) is 0 Å². The lowest BCUT2D eigenvalue weighted by Gasteiger charge is -2.17. The van der Waals surface area contributed by atoms with Gasteiger partial charge in [-0.2, -0.15) is 0 Å². The molecule has 0 atom stereocenters. The lowest BCUT2D eigenvalue weighted by Crippen LogP contribution is -2.28. The summed E-state index contributed by atoms with van der Waals surface area (Å²) in [6.07, 6.45) is 2.19. The first-order chi connectivity index (χ1) is 7.59. The molecule has 16 heavy (non-hydrogen) atoms. The molecule has 0 radical (unpaired) electrons. The Morgan fingerprint density at radius 2 is 2.00 bits per heavy atom. The average Bonchev–Trinajstić information content (AvgIpc) is 2.75. The number of aryl methyl sites for hydroxylation is 1. The SMILES string of the molecule is Cc1cc(Br)cc(C(=O)N2CCCC2)c1N. The number of likely N-dealkylation sites (tertiary alicyclic amines) is 1. The summed E-state index contributed by atoms with van der Waals surface area (Å²) in [5, 5.41) is 0. The van der Waals surface area contributed by atoms with E-state index in [1.165, 1.54) is 0 Å². The van der Waals surface area contributed by atoms with Crippen LogP contribution in [0.2, 0.25) is 0 Å². The summed E-state index contributed by atoms with van der Waals surface area (Å²) >= 11 is 3.40. The maximum atomic E-state index is 12.2. The molecule has 0 spiro atoms. The van der Waals surface area contributed by atoms with Gasteiger partial charge in [0.1, 0.15) is 0 Å². The summed E-state index contributed by atoms with van der Waals surface area (Å²) in [6, 6.07) is 3.74. The van der Waals surface area contributed by atoms with Crippen molar-refractivity contribution in [2.24, 2.45) is 0 Å². The minimum absolute atomic E-state index is 0.0550. The maximum absolute atomic E-state index is 12.2. The first kappa shape index (κ1) is 11.5. The number of hydrogen-bond donors (Lipinski definition) is 1. The highest BCUT2D eigenvalue weighted by atomic mass is 79.9. The Kier molecular flexibility index (Phi) is 3.19. The van der Waals surface area contributed by atoms with Crippen molar-refractivity contribution in [3.63, 3.8) is 0 Å². The van der Waals surface area contributed by atoms with Gasteiger partial charge in [-0.3, -0.25) is 4.79 Å². The number of nitrogen functional groups attached to an aromatic ring is 1. The number of halogens is 1. The van der Waals surface area contributed by atoms with Crippen molar-refractivity contribution in [3.05, 3.63) is 27.7 Å². The highest BCUT2D eigenvalue weighted by Gasteiger charge is 2.22. The molecule has 2 rings (SSSR count). The Labute approximate surface area is 104 Å². The summed E-state index contributed by atoms with van der Waals surface area (Å²) in [5.41, 5.74) is 8.11. The van der Waals surface area contributed by atoms with Crippen LogP contribution in [0.1, 0.15) is 28.8 Å². The van der Waals surface area contributed by atoms with Crippen LogP contribution in [-0.2, 0) is 0 Å². The average molecular weight is 283 g/mol. The van der Waals surface area contributed by atoms with E-state index in [1.807, 2.05) is 24.0 Å². The van der Waals surface area contributed by atoms with Crippen LogP contribution in [0.3, 0.4) is 0 Å². The molecule has 3 nitrogen and oxygen atoms in total. The number of amides is 1. The molecule has 2 N–H and O–H groups in total. The molecule has 1 aliphatic heterocycles. The molecule has 0 aliphatic carbocycles. The second-order valence-corrected chi connectivity index (χ2v) is 5.10. The van der Waals surface area contributed by atoms with Gasteiger partial charge in [-0.1, -0.05) is 15.9 Å².